The maximum atomic E-state index is 14.2. The first-order valence-corrected chi connectivity index (χ1v) is 6.35. The maximum absolute atomic E-state index is 14.2. The number of esters is 1. The van der Waals surface area contributed by atoms with Crippen LogP contribution in [0, 0.1) is 5.82 Å². The molecule has 0 aliphatic carbocycles. The van der Waals surface area contributed by atoms with E-state index in [1.807, 2.05) is 0 Å². The highest BCUT2D eigenvalue weighted by Gasteiger charge is 2.33. The lowest BCUT2D eigenvalue weighted by molar-refractivity contribution is 0.0599. The highest BCUT2D eigenvalue weighted by Crippen LogP contribution is 2.39. The van der Waals surface area contributed by atoms with Crippen LogP contribution in [0.25, 0.3) is 0 Å². The van der Waals surface area contributed by atoms with Crippen molar-refractivity contribution < 1.29 is 13.9 Å². The van der Waals surface area contributed by atoms with Gasteiger partial charge >= 0.3 is 5.97 Å². The van der Waals surface area contributed by atoms with Gasteiger partial charge in [-0.2, -0.15) is 0 Å². The van der Waals surface area contributed by atoms with Gasteiger partial charge in [-0.15, -0.1) is 0 Å². The Morgan fingerprint density at radius 3 is 3.06 bits per heavy atom. The minimum atomic E-state index is -0.467. The van der Waals surface area contributed by atoms with E-state index in [-0.39, 0.29) is 11.9 Å². The van der Waals surface area contributed by atoms with Gasteiger partial charge in [0.2, 0.25) is 0 Å². The number of carbonyl (C=O) groups excluding carboxylic acids is 1. The first-order valence-electron chi connectivity index (χ1n) is 6.35. The van der Waals surface area contributed by atoms with Crippen molar-refractivity contribution in [3.8, 4) is 0 Å². The van der Waals surface area contributed by atoms with E-state index in [4.69, 9.17) is 0 Å². The van der Waals surface area contributed by atoms with E-state index in [1.165, 1.54) is 13.2 Å². The molecule has 1 fully saturated rings. The molecule has 4 heteroatoms. The molecular formula is C14H16FNO2. The van der Waals surface area contributed by atoms with Crippen LogP contribution < -0.4 is 0 Å². The fraction of sp³-hybridized carbons (Fsp3) is 0.500. The van der Waals surface area contributed by atoms with E-state index in [2.05, 4.69) is 9.64 Å². The molecular weight excluding hydrogens is 233 g/mol. The predicted octanol–water partition coefficient (Wildman–Crippen LogP) is 2.31. The van der Waals surface area contributed by atoms with Crippen LogP contribution in [0.3, 0.4) is 0 Å². The zero-order chi connectivity index (χ0) is 12.7. The van der Waals surface area contributed by atoms with Crippen molar-refractivity contribution >= 4 is 5.97 Å². The Labute approximate surface area is 106 Å². The van der Waals surface area contributed by atoms with Crippen molar-refractivity contribution in [1.29, 1.82) is 0 Å². The maximum Gasteiger partial charge on any atom is 0.337 e. The van der Waals surface area contributed by atoms with Crippen LogP contribution in [0.1, 0.15) is 40.4 Å². The summed E-state index contributed by atoms with van der Waals surface area (Å²) in [4.78, 5) is 13.8. The lowest BCUT2D eigenvalue weighted by Gasteiger charge is -2.32. The molecule has 0 amide bonds. The molecule has 0 bridgehead atoms. The number of ether oxygens (including phenoxy) is 1. The van der Waals surface area contributed by atoms with E-state index >= 15 is 0 Å². The second-order valence-corrected chi connectivity index (χ2v) is 4.97. The summed E-state index contributed by atoms with van der Waals surface area (Å²) in [6.07, 6.45) is 2.96. The van der Waals surface area contributed by atoms with Gasteiger partial charge in [0.25, 0.3) is 0 Å². The van der Waals surface area contributed by atoms with Gasteiger partial charge in [0.1, 0.15) is 5.82 Å². The SMILES string of the molecule is COC(=O)c1cc(F)c2c(c1)CCN1CCCC21. The first-order chi connectivity index (χ1) is 8.70. The van der Waals surface area contributed by atoms with Crippen LogP contribution in [-0.4, -0.2) is 31.1 Å². The van der Waals surface area contributed by atoms with E-state index < -0.39 is 5.97 Å². The average molecular weight is 249 g/mol. The third-order valence-electron chi connectivity index (χ3n) is 4.00. The van der Waals surface area contributed by atoms with Crippen LogP contribution in [0.4, 0.5) is 4.39 Å². The molecule has 3 nitrogen and oxygen atoms in total. The molecule has 0 aromatic heterocycles. The fourth-order valence-electron chi connectivity index (χ4n) is 3.18. The number of benzene rings is 1. The summed E-state index contributed by atoms with van der Waals surface area (Å²) in [6.45, 7) is 2.02. The lowest BCUT2D eigenvalue weighted by Crippen LogP contribution is -2.32. The predicted molar refractivity (Wildman–Crippen MR) is 65.0 cm³/mol. The minimum absolute atomic E-state index is 0.209. The van der Waals surface area contributed by atoms with Gasteiger partial charge in [0, 0.05) is 18.2 Å². The van der Waals surface area contributed by atoms with Crippen LogP contribution in [-0.2, 0) is 11.2 Å². The molecule has 0 radical (unpaired) electrons. The molecule has 18 heavy (non-hydrogen) atoms. The van der Waals surface area contributed by atoms with Crippen molar-refractivity contribution in [2.75, 3.05) is 20.2 Å². The summed E-state index contributed by atoms with van der Waals surface area (Å²) in [5.74, 6) is -0.727. The average Bonchev–Trinajstić information content (AvgIpc) is 2.85. The molecule has 1 atom stereocenters. The molecule has 2 aliphatic heterocycles. The Bertz CT molecular complexity index is 501. The molecule has 96 valence electrons. The lowest BCUT2D eigenvalue weighted by atomic mass is 9.90. The fourth-order valence-corrected chi connectivity index (χ4v) is 3.18. The summed E-state index contributed by atoms with van der Waals surface area (Å²) < 4.78 is 18.9. The number of hydrogen-bond donors (Lipinski definition) is 0. The molecule has 0 saturated carbocycles. The number of rotatable bonds is 1. The van der Waals surface area contributed by atoms with Crippen LogP contribution in [0.15, 0.2) is 12.1 Å². The Morgan fingerprint density at radius 1 is 1.44 bits per heavy atom. The highest BCUT2D eigenvalue weighted by atomic mass is 19.1. The number of methoxy groups -OCH3 is 1. The summed E-state index contributed by atoms with van der Waals surface area (Å²) in [5.41, 5.74) is 2.09. The molecule has 0 N–H and O–H groups in total. The normalized spacial score (nSPS) is 22.4. The van der Waals surface area contributed by atoms with E-state index in [0.717, 1.165) is 43.5 Å². The largest absolute Gasteiger partial charge is 0.465 e. The molecule has 1 aromatic carbocycles. The second kappa shape index (κ2) is 4.35. The van der Waals surface area contributed by atoms with Gasteiger partial charge in [-0.1, -0.05) is 0 Å². The Hall–Kier alpha value is -1.42. The summed E-state index contributed by atoms with van der Waals surface area (Å²) in [6, 6.07) is 3.31. The van der Waals surface area contributed by atoms with Crippen molar-refractivity contribution in [3.63, 3.8) is 0 Å². The monoisotopic (exact) mass is 249 g/mol. The molecule has 2 heterocycles. The number of fused-ring (bicyclic) bond motifs is 3. The van der Waals surface area contributed by atoms with Crippen molar-refractivity contribution in [2.45, 2.75) is 25.3 Å². The van der Waals surface area contributed by atoms with Gasteiger partial charge in [0.05, 0.1) is 12.7 Å². The van der Waals surface area contributed by atoms with Crippen LogP contribution in [0.5, 0.6) is 0 Å². The standard InChI is InChI=1S/C14H16FNO2/c1-18-14(17)10-7-9-4-6-16-5-2-3-12(16)13(9)11(15)8-10/h7-8,12H,2-6H2,1H3. The Kier molecular flexibility index (Phi) is 2.82. The number of hydrogen-bond acceptors (Lipinski definition) is 3. The van der Waals surface area contributed by atoms with E-state index in [9.17, 15) is 9.18 Å². The van der Waals surface area contributed by atoms with Gasteiger partial charge in [-0.3, -0.25) is 4.90 Å². The Morgan fingerprint density at radius 2 is 2.28 bits per heavy atom. The molecule has 1 saturated heterocycles. The topological polar surface area (TPSA) is 29.5 Å². The van der Waals surface area contributed by atoms with Crippen LogP contribution in [0.2, 0.25) is 0 Å². The molecule has 1 unspecified atom stereocenters. The smallest absolute Gasteiger partial charge is 0.337 e. The van der Waals surface area contributed by atoms with Gasteiger partial charge in [0.15, 0.2) is 0 Å². The third-order valence-corrected chi connectivity index (χ3v) is 4.00. The zero-order valence-corrected chi connectivity index (χ0v) is 10.4. The number of halogens is 1. The first kappa shape index (κ1) is 11.7. The van der Waals surface area contributed by atoms with Crippen molar-refractivity contribution in [3.05, 3.63) is 34.6 Å². The molecule has 2 aliphatic rings. The minimum Gasteiger partial charge on any atom is -0.465 e. The summed E-state index contributed by atoms with van der Waals surface area (Å²) >= 11 is 0. The van der Waals surface area contributed by atoms with E-state index in [0.29, 0.717) is 5.56 Å². The number of carbonyl (C=O) groups is 1. The molecule has 3 rings (SSSR count). The highest BCUT2D eigenvalue weighted by molar-refractivity contribution is 5.89. The molecule has 1 aromatic rings. The van der Waals surface area contributed by atoms with Gasteiger partial charge in [-0.25, -0.2) is 9.18 Å². The Balaban J connectivity index is 2.05. The summed E-state index contributed by atoms with van der Waals surface area (Å²) in [7, 11) is 1.32. The van der Waals surface area contributed by atoms with Gasteiger partial charge < -0.3 is 4.74 Å². The quantitative estimate of drug-likeness (QED) is 0.715. The van der Waals surface area contributed by atoms with E-state index in [1.54, 1.807) is 6.07 Å². The van der Waals surface area contributed by atoms with Crippen molar-refractivity contribution in [2.24, 2.45) is 0 Å². The van der Waals surface area contributed by atoms with Gasteiger partial charge in [-0.05, 0) is 43.5 Å². The zero-order valence-electron chi connectivity index (χ0n) is 10.4. The summed E-state index contributed by atoms with van der Waals surface area (Å²) in [5, 5.41) is 0. The third kappa shape index (κ3) is 1.72. The van der Waals surface area contributed by atoms with Crippen LogP contribution >= 0.6 is 0 Å². The van der Waals surface area contributed by atoms with Crippen molar-refractivity contribution in [1.82, 2.24) is 4.90 Å². The number of nitrogens with zero attached hydrogens (tertiary/aromatic N) is 1. The second-order valence-electron chi connectivity index (χ2n) is 4.97. The molecule has 0 spiro atoms.